The number of carbonyl (C=O) groups is 2. The number of piperidine rings is 1. The number of amides is 2. The van der Waals surface area contributed by atoms with Crippen molar-refractivity contribution >= 4 is 23.2 Å². The lowest BCUT2D eigenvalue weighted by Gasteiger charge is -2.28. The van der Waals surface area contributed by atoms with Gasteiger partial charge in [0.25, 0.3) is 0 Å². The fourth-order valence-corrected chi connectivity index (χ4v) is 3.51. The quantitative estimate of drug-likeness (QED) is 0.582. The summed E-state index contributed by atoms with van der Waals surface area (Å²) in [6.45, 7) is 6.97. The Kier molecular flexibility index (Phi) is 7.47. The lowest BCUT2D eigenvalue weighted by molar-refractivity contribution is -0.136. The van der Waals surface area contributed by atoms with E-state index in [4.69, 9.17) is 4.74 Å². The highest BCUT2D eigenvalue weighted by Crippen LogP contribution is 2.21. The maximum atomic E-state index is 12.0. The molecule has 2 saturated heterocycles. The predicted octanol–water partition coefficient (Wildman–Crippen LogP) is 1.45. The van der Waals surface area contributed by atoms with Gasteiger partial charge in [-0.25, -0.2) is 0 Å². The average Bonchev–Trinajstić information content (AvgIpc) is 2.73. The first kappa shape index (κ1) is 19.6. The zero-order chi connectivity index (χ0) is 18.9. The van der Waals surface area contributed by atoms with E-state index in [1.165, 1.54) is 24.9 Å². The predicted molar refractivity (Wildman–Crippen MR) is 106 cm³/mol. The van der Waals surface area contributed by atoms with E-state index in [1.807, 2.05) is 24.3 Å². The van der Waals surface area contributed by atoms with E-state index in [1.54, 1.807) is 0 Å². The topological polar surface area (TPSA) is 73.9 Å². The van der Waals surface area contributed by atoms with E-state index in [-0.39, 0.29) is 0 Å². The minimum Gasteiger partial charge on any atom is -0.379 e. The maximum absolute atomic E-state index is 12.0. The molecule has 27 heavy (non-hydrogen) atoms. The monoisotopic (exact) mass is 374 g/mol. The number of morpholine rings is 1. The Hall–Kier alpha value is -2.12. The molecule has 0 saturated carbocycles. The molecule has 1 aromatic rings. The normalized spacial score (nSPS) is 18.1. The Labute approximate surface area is 161 Å². The van der Waals surface area contributed by atoms with Crippen molar-refractivity contribution in [3.05, 3.63) is 24.3 Å². The van der Waals surface area contributed by atoms with Crippen molar-refractivity contribution in [2.24, 2.45) is 0 Å². The van der Waals surface area contributed by atoms with Crippen LogP contribution in [0.2, 0.25) is 0 Å². The molecular formula is C20H30N4O3. The van der Waals surface area contributed by atoms with Crippen LogP contribution >= 0.6 is 0 Å². The number of ether oxygens (including phenoxy) is 1. The molecule has 2 aliphatic heterocycles. The molecule has 0 aromatic heterocycles. The Balaban J connectivity index is 1.36. The van der Waals surface area contributed by atoms with Gasteiger partial charge in [0, 0.05) is 44.1 Å². The summed E-state index contributed by atoms with van der Waals surface area (Å²) in [5.74, 6) is -1.20. The Morgan fingerprint density at radius 3 is 2.33 bits per heavy atom. The van der Waals surface area contributed by atoms with Crippen molar-refractivity contribution < 1.29 is 14.3 Å². The van der Waals surface area contributed by atoms with Crippen LogP contribution in [0.4, 0.5) is 11.4 Å². The first-order chi connectivity index (χ1) is 13.2. The van der Waals surface area contributed by atoms with Gasteiger partial charge in [0.1, 0.15) is 0 Å². The molecule has 7 heteroatoms. The van der Waals surface area contributed by atoms with Gasteiger partial charge in [0.15, 0.2) is 0 Å². The highest BCUT2D eigenvalue weighted by atomic mass is 16.5. The number of benzene rings is 1. The number of nitrogens with zero attached hydrogens (tertiary/aromatic N) is 2. The Morgan fingerprint density at radius 2 is 1.63 bits per heavy atom. The molecule has 1 aromatic carbocycles. The van der Waals surface area contributed by atoms with Crippen LogP contribution in [0.5, 0.6) is 0 Å². The first-order valence-corrected chi connectivity index (χ1v) is 9.97. The number of hydrogen-bond donors (Lipinski definition) is 2. The highest BCUT2D eigenvalue weighted by molar-refractivity contribution is 6.39. The summed E-state index contributed by atoms with van der Waals surface area (Å²) in [6.07, 6.45) is 4.57. The molecule has 0 aliphatic carbocycles. The smallest absolute Gasteiger partial charge is 0.313 e. The zero-order valence-electron chi connectivity index (χ0n) is 15.9. The number of carbonyl (C=O) groups excluding carboxylic acids is 2. The number of anilines is 2. The van der Waals surface area contributed by atoms with E-state index in [0.717, 1.165) is 52.4 Å². The van der Waals surface area contributed by atoms with Crippen LogP contribution in [0.1, 0.15) is 25.7 Å². The van der Waals surface area contributed by atoms with Crippen molar-refractivity contribution in [2.45, 2.75) is 25.7 Å². The summed E-state index contributed by atoms with van der Waals surface area (Å²) in [7, 11) is 0. The van der Waals surface area contributed by atoms with Gasteiger partial charge in [-0.1, -0.05) is 0 Å². The van der Waals surface area contributed by atoms with E-state index < -0.39 is 11.8 Å². The summed E-state index contributed by atoms with van der Waals surface area (Å²) in [5.41, 5.74) is 1.81. The van der Waals surface area contributed by atoms with E-state index >= 15 is 0 Å². The third-order valence-corrected chi connectivity index (χ3v) is 5.09. The fraction of sp³-hybridized carbons (Fsp3) is 0.600. The average molecular weight is 374 g/mol. The van der Waals surface area contributed by atoms with E-state index in [2.05, 4.69) is 20.4 Å². The second-order valence-electron chi connectivity index (χ2n) is 7.11. The molecular weight excluding hydrogens is 344 g/mol. The van der Waals surface area contributed by atoms with Crippen molar-refractivity contribution in [1.82, 2.24) is 10.2 Å². The summed E-state index contributed by atoms with van der Waals surface area (Å²) in [6, 6.07) is 7.71. The fourth-order valence-electron chi connectivity index (χ4n) is 3.51. The summed E-state index contributed by atoms with van der Waals surface area (Å²) < 4.78 is 5.31. The molecule has 0 spiro atoms. The first-order valence-electron chi connectivity index (χ1n) is 9.97. The van der Waals surface area contributed by atoms with Gasteiger partial charge in [0.2, 0.25) is 0 Å². The van der Waals surface area contributed by atoms with Crippen LogP contribution < -0.4 is 15.5 Å². The van der Waals surface area contributed by atoms with Crippen LogP contribution in [0, 0.1) is 0 Å². The van der Waals surface area contributed by atoms with Gasteiger partial charge >= 0.3 is 11.8 Å². The summed E-state index contributed by atoms with van der Waals surface area (Å²) in [5, 5.41) is 5.35. The molecule has 0 radical (unpaired) electrons. The second kappa shape index (κ2) is 10.3. The third-order valence-electron chi connectivity index (χ3n) is 5.09. The van der Waals surface area contributed by atoms with Crippen LogP contribution in [-0.4, -0.2) is 69.2 Å². The van der Waals surface area contributed by atoms with Gasteiger partial charge in [-0.3, -0.25) is 14.5 Å². The van der Waals surface area contributed by atoms with Gasteiger partial charge in [0.05, 0.1) is 13.2 Å². The van der Waals surface area contributed by atoms with Crippen molar-refractivity contribution in [3.8, 4) is 0 Å². The number of rotatable bonds is 6. The minimum absolute atomic E-state index is 0.498. The zero-order valence-corrected chi connectivity index (χ0v) is 15.9. The maximum Gasteiger partial charge on any atom is 0.313 e. The molecule has 148 valence electrons. The molecule has 2 heterocycles. The molecule has 2 aliphatic rings. The third kappa shape index (κ3) is 6.22. The lowest BCUT2D eigenvalue weighted by Crippen LogP contribution is -2.39. The van der Waals surface area contributed by atoms with Gasteiger partial charge in [-0.2, -0.15) is 0 Å². The molecule has 0 unspecified atom stereocenters. The number of nitrogens with one attached hydrogen (secondary N) is 2. The van der Waals surface area contributed by atoms with Crippen LogP contribution in [-0.2, 0) is 14.3 Å². The lowest BCUT2D eigenvalue weighted by atomic mass is 10.1. The summed E-state index contributed by atoms with van der Waals surface area (Å²) in [4.78, 5) is 28.6. The van der Waals surface area contributed by atoms with Crippen LogP contribution in [0.15, 0.2) is 24.3 Å². The van der Waals surface area contributed by atoms with Crippen molar-refractivity contribution in [3.63, 3.8) is 0 Å². The SMILES string of the molecule is O=C(NCCCN1CCOCC1)C(=O)Nc1ccc(N2CCCCC2)cc1. The Morgan fingerprint density at radius 1 is 0.926 bits per heavy atom. The molecule has 0 bridgehead atoms. The highest BCUT2D eigenvalue weighted by Gasteiger charge is 2.15. The second-order valence-corrected chi connectivity index (χ2v) is 7.11. The Bertz CT molecular complexity index is 608. The largest absolute Gasteiger partial charge is 0.379 e. The van der Waals surface area contributed by atoms with Crippen molar-refractivity contribution in [1.29, 1.82) is 0 Å². The molecule has 7 nitrogen and oxygen atoms in total. The molecule has 0 atom stereocenters. The van der Waals surface area contributed by atoms with Crippen LogP contribution in [0.25, 0.3) is 0 Å². The molecule has 2 N–H and O–H groups in total. The van der Waals surface area contributed by atoms with E-state index in [9.17, 15) is 9.59 Å². The summed E-state index contributed by atoms with van der Waals surface area (Å²) >= 11 is 0. The van der Waals surface area contributed by atoms with E-state index in [0.29, 0.717) is 12.2 Å². The molecule has 2 amide bonds. The van der Waals surface area contributed by atoms with Crippen molar-refractivity contribution in [2.75, 3.05) is 62.7 Å². The standard InChI is InChI=1S/C20H30N4O3/c25-19(21-9-4-10-23-13-15-27-16-14-23)20(26)22-17-5-7-18(8-6-17)24-11-2-1-3-12-24/h5-8H,1-4,9-16H2,(H,21,25)(H,22,26). The minimum atomic E-state index is -0.618. The molecule has 3 rings (SSSR count). The van der Waals surface area contributed by atoms with Gasteiger partial charge < -0.3 is 20.3 Å². The van der Waals surface area contributed by atoms with Gasteiger partial charge in [-0.15, -0.1) is 0 Å². The molecule has 2 fully saturated rings. The number of hydrogen-bond acceptors (Lipinski definition) is 5. The van der Waals surface area contributed by atoms with Gasteiger partial charge in [-0.05, 0) is 56.5 Å². The van der Waals surface area contributed by atoms with Crippen LogP contribution in [0.3, 0.4) is 0 Å².